The molecule has 1 aliphatic carbocycles. The zero-order chi connectivity index (χ0) is 21.7. The van der Waals surface area contributed by atoms with Crippen LogP contribution in [0.2, 0.25) is 0 Å². The molecule has 0 atom stereocenters. The van der Waals surface area contributed by atoms with Gasteiger partial charge in [0.25, 0.3) is 0 Å². The van der Waals surface area contributed by atoms with Crippen molar-refractivity contribution in [2.75, 3.05) is 13.2 Å². The number of fused-ring (bicyclic) bond motifs is 2. The minimum Gasteiger partial charge on any atom is -0.434 e. The van der Waals surface area contributed by atoms with Crippen LogP contribution in [-0.4, -0.2) is 37.1 Å². The summed E-state index contributed by atoms with van der Waals surface area (Å²) in [5.41, 5.74) is 0.261. The molecule has 0 N–H and O–H groups in total. The van der Waals surface area contributed by atoms with E-state index in [0.29, 0.717) is 12.8 Å². The summed E-state index contributed by atoms with van der Waals surface area (Å²) < 4.78 is 20.1. The summed E-state index contributed by atoms with van der Waals surface area (Å²) in [5.74, 6) is -1.29. The number of hydrogen-bond acceptors (Lipinski definition) is 8. The van der Waals surface area contributed by atoms with Gasteiger partial charge >= 0.3 is 12.3 Å². The van der Waals surface area contributed by atoms with Gasteiger partial charge in [0.2, 0.25) is 0 Å². The average molecular weight is 412 g/mol. The number of hydrogen-bond donors (Lipinski definition) is 0. The highest BCUT2D eigenvalue weighted by Gasteiger charge is 2.34. The van der Waals surface area contributed by atoms with Crippen LogP contribution < -0.4 is 9.47 Å². The molecule has 8 nitrogen and oxygen atoms in total. The number of ether oxygens (including phenoxy) is 4. The molecule has 0 saturated heterocycles. The monoisotopic (exact) mass is 412 g/mol. The second-order valence-electron chi connectivity index (χ2n) is 6.45. The van der Waals surface area contributed by atoms with Gasteiger partial charge in [0.05, 0.1) is 18.8 Å². The van der Waals surface area contributed by atoms with Crippen LogP contribution in [0.3, 0.4) is 0 Å². The lowest BCUT2D eigenvalue weighted by Crippen LogP contribution is -2.23. The smallest absolute Gasteiger partial charge is 0.434 e. The van der Waals surface area contributed by atoms with E-state index in [1.807, 2.05) is 13.8 Å². The summed E-state index contributed by atoms with van der Waals surface area (Å²) in [4.78, 5) is 49.8. The molecule has 0 radical (unpaired) electrons. The quantitative estimate of drug-likeness (QED) is 0.436. The van der Waals surface area contributed by atoms with Crippen molar-refractivity contribution in [3.8, 4) is 11.5 Å². The lowest BCUT2D eigenvalue weighted by molar-refractivity contribution is 0.0936. The zero-order valence-corrected chi connectivity index (χ0v) is 16.6. The second-order valence-corrected chi connectivity index (χ2v) is 6.45. The molecule has 0 amide bonds. The first-order valence-electron chi connectivity index (χ1n) is 9.51. The first-order valence-corrected chi connectivity index (χ1v) is 9.51. The van der Waals surface area contributed by atoms with Crippen LogP contribution in [0.1, 0.15) is 58.5 Å². The van der Waals surface area contributed by atoms with Gasteiger partial charge in [-0.3, -0.25) is 9.59 Å². The van der Waals surface area contributed by atoms with Gasteiger partial charge in [0.15, 0.2) is 11.6 Å². The van der Waals surface area contributed by atoms with Crippen LogP contribution in [0.25, 0.3) is 0 Å². The Morgan fingerprint density at radius 3 is 1.93 bits per heavy atom. The van der Waals surface area contributed by atoms with E-state index in [4.69, 9.17) is 18.9 Å². The molecule has 30 heavy (non-hydrogen) atoms. The molecule has 3 rings (SSSR count). The summed E-state index contributed by atoms with van der Waals surface area (Å²) in [6.07, 6.45) is -0.847. The SMILES string of the molecule is CCCOC(=O)Oc1cc(OC(=O)OCCC)c2c(c1)C(=O)c1ccccc1C2=O. The summed E-state index contributed by atoms with van der Waals surface area (Å²) in [6.45, 7) is 3.91. The van der Waals surface area contributed by atoms with E-state index in [1.54, 1.807) is 12.1 Å². The van der Waals surface area contributed by atoms with Crippen molar-refractivity contribution in [2.24, 2.45) is 0 Å². The minimum absolute atomic E-state index is 0.0437. The van der Waals surface area contributed by atoms with Gasteiger partial charge in [-0.2, -0.15) is 0 Å². The number of benzene rings is 2. The molecule has 156 valence electrons. The van der Waals surface area contributed by atoms with Crippen molar-refractivity contribution in [1.82, 2.24) is 0 Å². The first kappa shape index (κ1) is 21.0. The van der Waals surface area contributed by atoms with E-state index < -0.39 is 23.9 Å². The van der Waals surface area contributed by atoms with E-state index >= 15 is 0 Å². The van der Waals surface area contributed by atoms with E-state index in [-0.39, 0.29) is 47.0 Å². The number of rotatable bonds is 6. The molecule has 0 saturated carbocycles. The van der Waals surface area contributed by atoms with Crippen molar-refractivity contribution in [3.63, 3.8) is 0 Å². The molecule has 0 heterocycles. The van der Waals surface area contributed by atoms with Gasteiger partial charge in [-0.15, -0.1) is 0 Å². The lowest BCUT2D eigenvalue weighted by Gasteiger charge is -2.20. The van der Waals surface area contributed by atoms with Crippen LogP contribution >= 0.6 is 0 Å². The Kier molecular flexibility index (Phi) is 6.46. The third-order valence-electron chi connectivity index (χ3n) is 4.21. The number of carbonyl (C=O) groups excluding carboxylic acids is 4. The Labute approximate surface area is 172 Å². The first-order chi connectivity index (χ1) is 14.5. The zero-order valence-electron chi connectivity index (χ0n) is 16.6. The molecule has 0 aliphatic heterocycles. The van der Waals surface area contributed by atoms with Crippen LogP contribution in [0.4, 0.5) is 9.59 Å². The predicted molar refractivity (Wildman–Crippen MR) is 104 cm³/mol. The molecule has 8 heteroatoms. The maximum atomic E-state index is 13.0. The highest BCUT2D eigenvalue weighted by molar-refractivity contribution is 6.29. The molecule has 1 aliphatic rings. The highest BCUT2D eigenvalue weighted by Crippen LogP contribution is 2.37. The maximum absolute atomic E-state index is 13.0. The molecule has 0 bridgehead atoms. The minimum atomic E-state index is -1.04. The Balaban J connectivity index is 2.04. The molecule has 0 unspecified atom stereocenters. The molecular weight excluding hydrogens is 392 g/mol. The molecule has 2 aromatic rings. The van der Waals surface area contributed by atoms with Gasteiger partial charge in [0, 0.05) is 22.8 Å². The number of carbonyl (C=O) groups is 4. The van der Waals surface area contributed by atoms with Gasteiger partial charge in [-0.1, -0.05) is 38.1 Å². The van der Waals surface area contributed by atoms with Crippen LogP contribution in [0.15, 0.2) is 36.4 Å². The Morgan fingerprint density at radius 1 is 0.767 bits per heavy atom. The van der Waals surface area contributed by atoms with Gasteiger partial charge in [-0.25, -0.2) is 9.59 Å². The topological polar surface area (TPSA) is 105 Å². The summed E-state index contributed by atoms with van der Waals surface area (Å²) in [6, 6.07) is 8.74. The van der Waals surface area contributed by atoms with E-state index in [2.05, 4.69) is 0 Å². The normalized spacial score (nSPS) is 11.9. The Hall–Kier alpha value is -3.68. The van der Waals surface area contributed by atoms with Crippen LogP contribution in [0.5, 0.6) is 11.5 Å². The van der Waals surface area contributed by atoms with Crippen molar-refractivity contribution in [3.05, 3.63) is 58.7 Å². The fourth-order valence-electron chi connectivity index (χ4n) is 2.92. The predicted octanol–water partition coefficient (Wildman–Crippen LogP) is 4.31. The molecule has 0 fully saturated rings. The third-order valence-corrected chi connectivity index (χ3v) is 4.21. The van der Waals surface area contributed by atoms with Gasteiger partial charge < -0.3 is 18.9 Å². The largest absolute Gasteiger partial charge is 0.513 e. The lowest BCUT2D eigenvalue weighted by atomic mass is 9.83. The fraction of sp³-hybridized carbons (Fsp3) is 0.273. The highest BCUT2D eigenvalue weighted by atomic mass is 16.7. The van der Waals surface area contributed by atoms with E-state index in [0.717, 1.165) is 0 Å². The second kappa shape index (κ2) is 9.21. The van der Waals surface area contributed by atoms with E-state index in [9.17, 15) is 19.2 Å². The number of ketones is 2. The maximum Gasteiger partial charge on any atom is 0.513 e. The molecule has 0 aromatic heterocycles. The molecular formula is C22H20O8. The molecule has 0 spiro atoms. The third kappa shape index (κ3) is 4.32. The van der Waals surface area contributed by atoms with Crippen LogP contribution in [-0.2, 0) is 9.47 Å². The van der Waals surface area contributed by atoms with Crippen LogP contribution in [0, 0.1) is 0 Å². The fourth-order valence-corrected chi connectivity index (χ4v) is 2.92. The van der Waals surface area contributed by atoms with Gasteiger partial charge in [-0.05, 0) is 18.9 Å². The van der Waals surface area contributed by atoms with Crippen molar-refractivity contribution >= 4 is 23.9 Å². The van der Waals surface area contributed by atoms with Crippen molar-refractivity contribution in [2.45, 2.75) is 26.7 Å². The average Bonchev–Trinajstić information content (AvgIpc) is 2.74. The standard InChI is InChI=1S/C22H20O8/c1-3-9-27-21(25)29-13-11-16-18(17(12-13)30-22(26)28-10-4-2)20(24)15-8-6-5-7-14(15)19(16)23/h5-8,11-12H,3-4,9-10H2,1-2H3. The Morgan fingerprint density at radius 2 is 1.33 bits per heavy atom. The summed E-state index contributed by atoms with van der Waals surface area (Å²) in [7, 11) is 0. The summed E-state index contributed by atoms with van der Waals surface area (Å²) in [5, 5.41) is 0. The Bertz CT molecular complexity index is 1010. The molecule has 2 aromatic carbocycles. The van der Waals surface area contributed by atoms with E-state index in [1.165, 1.54) is 24.3 Å². The summed E-state index contributed by atoms with van der Waals surface area (Å²) >= 11 is 0. The van der Waals surface area contributed by atoms with Gasteiger partial charge in [0.1, 0.15) is 11.5 Å². The van der Waals surface area contributed by atoms with Crippen molar-refractivity contribution in [1.29, 1.82) is 0 Å². The van der Waals surface area contributed by atoms with Crippen molar-refractivity contribution < 1.29 is 38.1 Å².